The average molecular weight is 430 g/mol. The molecule has 7 nitrogen and oxygen atoms in total. The molecule has 2 aromatic rings. The monoisotopic (exact) mass is 429 g/mol. The Morgan fingerprint density at radius 3 is 2.45 bits per heavy atom. The third kappa shape index (κ3) is 7.15. The van der Waals surface area contributed by atoms with Gasteiger partial charge in [-0.3, -0.25) is 4.79 Å². The van der Waals surface area contributed by atoms with Crippen LogP contribution in [-0.4, -0.2) is 30.0 Å². The molecule has 29 heavy (non-hydrogen) atoms. The molecule has 2 rings (SSSR count). The molecule has 0 aliphatic heterocycles. The summed E-state index contributed by atoms with van der Waals surface area (Å²) >= 11 is 5.80. The van der Waals surface area contributed by atoms with Crippen LogP contribution in [0.15, 0.2) is 36.5 Å². The number of benzene rings is 1. The second-order valence-corrected chi connectivity index (χ2v) is 6.25. The van der Waals surface area contributed by atoms with Crippen LogP contribution in [0.2, 0.25) is 5.02 Å². The number of rotatable bonds is 7. The van der Waals surface area contributed by atoms with E-state index in [4.69, 9.17) is 11.6 Å². The molecule has 0 radical (unpaired) electrons. The topological polar surface area (TPSA) is 95.2 Å². The number of anilines is 3. The molecule has 0 fully saturated rings. The smallest absolute Gasteiger partial charge is 0.368 e. The normalized spacial score (nSPS) is 10.9. The molecule has 0 spiro atoms. The average Bonchev–Trinajstić information content (AvgIpc) is 2.62. The number of nitrogens with zero attached hydrogens (tertiary/aromatic N) is 1. The molecule has 0 aliphatic rings. The predicted octanol–water partition coefficient (Wildman–Crippen LogP) is 4.34. The van der Waals surface area contributed by atoms with Crippen LogP contribution < -0.4 is 21.3 Å². The van der Waals surface area contributed by atoms with Crippen molar-refractivity contribution >= 4 is 40.7 Å². The number of aromatic nitrogens is 1. The Kier molecular flexibility index (Phi) is 7.66. The first-order valence-electron chi connectivity index (χ1n) is 8.60. The molecule has 0 atom stereocenters. The molecule has 0 saturated heterocycles. The first-order valence-corrected chi connectivity index (χ1v) is 8.98. The minimum atomic E-state index is -4.53. The van der Waals surface area contributed by atoms with Crippen molar-refractivity contribution in [1.29, 1.82) is 0 Å². The highest BCUT2D eigenvalue weighted by Crippen LogP contribution is 2.32. The Morgan fingerprint density at radius 1 is 1.14 bits per heavy atom. The summed E-state index contributed by atoms with van der Waals surface area (Å²) in [5.41, 5.74) is 0.0366. The van der Waals surface area contributed by atoms with Gasteiger partial charge in [0.15, 0.2) is 0 Å². The van der Waals surface area contributed by atoms with Gasteiger partial charge in [0.2, 0.25) is 5.91 Å². The largest absolute Gasteiger partial charge is 0.417 e. The van der Waals surface area contributed by atoms with Crippen LogP contribution in [0.4, 0.5) is 35.2 Å². The molecular weight excluding hydrogens is 411 g/mol. The van der Waals surface area contributed by atoms with Gasteiger partial charge in [0.1, 0.15) is 5.82 Å². The number of alkyl halides is 3. The van der Waals surface area contributed by atoms with E-state index in [2.05, 4.69) is 26.3 Å². The van der Waals surface area contributed by atoms with Crippen molar-refractivity contribution in [2.45, 2.75) is 19.5 Å². The van der Waals surface area contributed by atoms with Gasteiger partial charge in [0, 0.05) is 37.1 Å². The first kappa shape index (κ1) is 22.3. The van der Waals surface area contributed by atoms with Crippen LogP contribution in [-0.2, 0) is 11.0 Å². The molecule has 4 N–H and O–H groups in total. The van der Waals surface area contributed by atoms with Crippen LogP contribution in [0.5, 0.6) is 0 Å². The Morgan fingerprint density at radius 2 is 1.83 bits per heavy atom. The van der Waals surface area contributed by atoms with Gasteiger partial charge in [-0.2, -0.15) is 13.2 Å². The lowest BCUT2D eigenvalue weighted by Gasteiger charge is -2.11. The van der Waals surface area contributed by atoms with Crippen molar-refractivity contribution < 1.29 is 22.8 Å². The fourth-order valence-corrected chi connectivity index (χ4v) is 2.48. The molecule has 1 heterocycles. The lowest BCUT2D eigenvalue weighted by molar-refractivity contribution is -0.137. The second kappa shape index (κ2) is 9.97. The van der Waals surface area contributed by atoms with Crippen molar-refractivity contribution in [1.82, 2.24) is 10.3 Å². The molecular formula is C18H19ClF3N5O2. The first-order chi connectivity index (χ1) is 13.7. The molecule has 11 heteroatoms. The quantitative estimate of drug-likeness (QED) is 0.526. The van der Waals surface area contributed by atoms with Gasteiger partial charge in [-0.05, 0) is 31.2 Å². The van der Waals surface area contributed by atoms with E-state index in [0.717, 1.165) is 6.07 Å². The van der Waals surface area contributed by atoms with Crippen molar-refractivity contribution in [3.8, 4) is 0 Å². The minimum Gasteiger partial charge on any atom is -0.368 e. The molecule has 0 saturated carbocycles. The Balaban J connectivity index is 1.85. The van der Waals surface area contributed by atoms with E-state index in [1.54, 1.807) is 31.2 Å². The third-order valence-corrected chi connectivity index (χ3v) is 3.84. The number of carbonyl (C=O) groups excluding carboxylic acids is 2. The number of pyridine rings is 1. The van der Waals surface area contributed by atoms with Gasteiger partial charge < -0.3 is 21.3 Å². The number of hydrogen-bond donors (Lipinski definition) is 4. The molecule has 0 aliphatic carbocycles. The van der Waals surface area contributed by atoms with Crippen molar-refractivity contribution in [3.05, 3.63) is 47.1 Å². The van der Waals surface area contributed by atoms with Crippen LogP contribution in [0.3, 0.4) is 0 Å². The third-order valence-electron chi connectivity index (χ3n) is 3.55. The summed E-state index contributed by atoms with van der Waals surface area (Å²) in [5, 5.41) is 10.4. The summed E-state index contributed by atoms with van der Waals surface area (Å²) in [6.07, 6.45) is -3.84. The second-order valence-electron chi connectivity index (χ2n) is 5.84. The number of urea groups is 1. The van der Waals surface area contributed by atoms with E-state index in [0.29, 0.717) is 24.1 Å². The fourth-order valence-electron chi connectivity index (χ4n) is 2.25. The number of amides is 3. The highest BCUT2D eigenvalue weighted by Gasteiger charge is 2.31. The summed E-state index contributed by atoms with van der Waals surface area (Å²) in [6.45, 7) is 2.38. The molecule has 156 valence electrons. The molecule has 0 bridgehead atoms. The number of hydrogen-bond acceptors (Lipinski definition) is 4. The maximum atomic E-state index is 12.6. The van der Waals surface area contributed by atoms with E-state index < -0.39 is 11.7 Å². The SMILES string of the molecule is CCNC(=O)Nc1cccc(NC(=O)CCNc2ncc(C(F)(F)F)cc2Cl)c1. The van der Waals surface area contributed by atoms with E-state index in [9.17, 15) is 22.8 Å². The van der Waals surface area contributed by atoms with Crippen LogP contribution in [0.25, 0.3) is 0 Å². The molecule has 0 unspecified atom stereocenters. The Labute approximate surface area is 170 Å². The molecule has 1 aromatic heterocycles. The van der Waals surface area contributed by atoms with Gasteiger partial charge in [-0.25, -0.2) is 9.78 Å². The number of carbonyl (C=O) groups is 2. The number of nitrogens with one attached hydrogen (secondary N) is 4. The van der Waals surface area contributed by atoms with Crippen molar-refractivity contribution in [3.63, 3.8) is 0 Å². The standard InChI is InChI=1S/C18H19ClF3N5O2/c1-2-23-17(29)27-13-5-3-4-12(9-13)26-15(28)6-7-24-16-14(19)8-11(10-25-16)18(20,21)22/h3-5,8-10H,2,6-7H2,1H3,(H,24,25)(H,26,28)(H2,23,27,29). The maximum absolute atomic E-state index is 12.6. The zero-order valence-electron chi connectivity index (χ0n) is 15.4. The highest BCUT2D eigenvalue weighted by atomic mass is 35.5. The van der Waals surface area contributed by atoms with E-state index in [1.165, 1.54) is 0 Å². The summed E-state index contributed by atoms with van der Waals surface area (Å²) in [4.78, 5) is 27.2. The van der Waals surface area contributed by atoms with Gasteiger partial charge in [0.25, 0.3) is 0 Å². The lowest BCUT2D eigenvalue weighted by atomic mass is 10.2. The Bertz CT molecular complexity index is 877. The summed E-state index contributed by atoms with van der Waals surface area (Å²) < 4.78 is 37.8. The summed E-state index contributed by atoms with van der Waals surface area (Å²) in [7, 11) is 0. The zero-order valence-corrected chi connectivity index (χ0v) is 16.1. The Hall–Kier alpha value is -3.01. The molecule has 3 amide bonds. The minimum absolute atomic E-state index is 0.0208. The predicted molar refractivity (Wildman–Crippen MR) is 105 cm³/mol. The van der Waals surface area contributed by atoms with Crippen LogP contribution in [0, 0.1) is 0 Å². The van der Waals surface area contributed by atoms with Crippen LogP contribution >= 0.6 is 11.6 Å². The maximum Gasteiger partial charge on any atom is 0.417 e. The summed E-state index contributed by atoms with van der Waals surface area (Å²) in [5.74, 6) is -0.281. The van der Waals surface area contributed by atoms with E-state index in [1.807, 2.05) is 0 Å². The van der Waals surface area contributed by atoms with Crippen molar-refractivity contribution in [2.24, 2.45) is 0 Å². The van der Waals surface area contributed by atoms with E-state index in [-0.39, 0.29) is 35.7 Å². The highest BCUT2D eigenvalue weighted by molar-refractivity contribution is 6.33. The van der Waals surface area contributed by atoms with Gasteiger partial charge in [0.05, 0.1) is 10.6 Å². The summed E-state index contributed by atoms with van der Waals surface area (Å²) in [6, 6.07) is 6.99. The zero-order chi connectivity index (χ0) is 21.4. The van der Waals surface area contributed by atoms with Gasteiger partial charge in [-0.15, -0.1) is 0 Å². The van der Waals surface area contributed by atoms with Gasteiger partial charge >= 0.3 is 12.2 Å². The van der Waals surface area contributed by atoms with E-state index >= 15 is 0 Å². The van der Waals surface area contributed by atoms with Crippen LogP contribution in [0.1, 0.15) is 18.9 Å². The van der Waals surface area contributed by atoms with Crippen molar-refractivity contribution in [2.75, 3.05) is 29.0 Å². The number of halogens is 4. The fraction of sp³-hybridized carbons (Fsp3) is 0.278. The van der Waals surface area contributed by atoms with Gasteiger partial charge in [-0.1, -0.05) is 17.7 Å². The molecule has 1 aromatic carbocycles. The lowest BCUT2D eigenvalue weighted by Crippen LogP contribution is -2.28.